The van der Waals surface area contributed by atoms with E-state index in [1.165, 1.54) is 5.56 Å². The van der Waals surface area contributed by atoms with Crippen LogP contribution in [0.5, 0.6) is 5.75 Å². The van der Waals surface area contributed by atoms with Gasteiger partial charge < -0.3 is 20.1 Å². The number of urea groups is 1. The zero-order valence-electron chi connectivity index (χ0n) is 11.1. The Hall–Kier alpha value is -1.27. The molecular formula is C14H17BrN2O3. The van der Waals surface area contributed by atoms with Crippen LogP contribution in [0.2, 0.25) is 0 Å². The van der Waals surface area contributed by atoms with Crippen LogP contribution in [0.1, 0.15) is 17.5 Å². The molecule has 20 heavy (non-hydrogen) atoms. The highest BCUT2D eigenvalue weighted by atomic mass is 79.9. The summed E-state index contributed by atoms with van der Waals surface area (Å²) in [6.07, 6.45) is 1.80. The number of fused-ring (bicyclic) bond motifs is 1. The fourth-order valence-electron chi connectivity index (χ4n) is 2.54. The number of hydrogen-bond donors (Lipinski definition) is 2. The van der Waals surface area contributed by atoms with E-state index in [9.17, 15) is 4.79 Å². The molecule has 1 unspecified atom stereocenters. The van der Waals surface area contributed by atoms with Gasteiger partial charge in [0.15, 0.2) is 0 Å². The van der Waals surface area contributed by atoms with Crippen molar-refractivity contribution >= 4 is 22.0 Å². The second-order valence-corrected chi connectivity index (χ2v) is 5.95. The molecule has 0 bridgehead atoms. The van der Waals surface area contributed by atoms with Crippen LogP contribution in [0, 0.1) is 0 Å². The summed E-state index contributed by atoms with van der Waals surface area (Å²) in [6, 6.07) is 4.02. The third kappa shape index (κ3) is 3.07. The Morgan fingerprint density at radius 1 is 1.40 bits per heavy atom. The van der Waals surface area contributed by atoms with Crippen molar-refractivity contribution in [2.75, 3.05) is 19.8 Å². The zero-order valence-corrected chi connectivity index (χ0v) is 12.7. The molecule has 3 rings (SSSR count). The van der Waals surface area contributed by atoms with Gasteiger partial charge in [-0.2, -0.15) is 0 Å². The molecule has 1 aromatic carbocycles. The number of benzene rings is 1. The quantitative estimate of drug-likeness (QED) is 0.884. The van der Waals surface area contributed by atoms with Crippen LogP contribution in [-0.2, 0) is 17.7 Å². The van der Waals surface area contributed by atoms with Crippen LogP contribution in [0.15, 0.2) is 16.6 Å². The minimum atomic E-state index is -0.160. The summed E-state index contributed by atoms with van der Waals surface area (Å²) in [5.41, 5.74) is 2.20. The van der Waals surface area contributed by atoms with Crippen molar-refractivity contribution in [1.82, 2.24) is 10.6 Å². The second kappa shape index (κ2) is 6.01. The first kappa shape index (κ1) is 13.7. The molecule has 2 amide bonds. The standard InChI is InChI=1S/C14H17BrN2O3/c15-11-5-9-1-4-20-13(9)10(6-11)7-16-14(18)17-12-2-3-19-8-12/h5-6,12H,1-4,7-8H2,(H2,16,17,18). The average molecular weight is 341 g/mol. The highest BCUT2D eigenvalue weighted by Gasteiger charge is 2.20. The normalized spacial score (nSPS) is 20.4. The molecule has 1 saturated heterocycles. The van der Waals surface area contributed by atoms with Gasteiger partial charge in [0.2, 0.25) is 0 Å². The number of ether oxygens (including phenoxy) is 2. The van der Waals surface area contributed by atoms with E-state index in [0.29, 0.717) is 19.8 Å². The zero-order chi connectivity index (χ0) is 13.9. The van der Waals surface area contributed by atoms with Gasteiger partial charge in [-0.3, -0.25) is 0 Å². The summed E-state index contributed by atoms with van der Waals surface area (Å²) in [5.74, 6) is 0.915. The molecular weight excluding hydrogens is 324 g/mol. The van der Waals surface area contributed by atoms with Gasteiger partial charge in [-0.25, -0.2) is 4.79 Å². The lowest BCUT2D eigenvalue weighted by atomic mass is 10.1. The SMILES string of the molecule is O=C(NCc1cc(Br)cc2c1OCC2)NC1CCOC1. The summed E-state index contributed by atoms with van der Waals surface area (Å²) in [7, 11) is 0. The van der Waals surface area contributed by atoms with Crippen molar-refractivity contribution in [1.29, 1.82) is 0 Å². The number of hydrogen-bond acceptors (Lipinski definition) is 3. The van der Waals surface area contributed by atoms with Crippen molar-refractivity contribution in [3.05, 3.63) is 27.7 Å². The Balaban J connectivity index is 1.59. The molecule has 0 saturated carbocycles. The van der Waals surface area contributed by atoms with Gasteiger partial charge in [-0.15, -0.1) is 0 Å². The average Bonchev–Trinajstić information content (AvgIpc) is 3.06. The Morgan fingerprint density at radius 2 is 2.30 bits per heavy atom. The van der Waals surface area contributed by atoms with Gasteiger partial charge >= 0.3 is 6.03 Å². The minimum absolute atomic E-state index is 0.125. The first-order valence-corrected chi connectivity index (χ1v) is 7.58. The highest BCUT2D eigenvalue weighted by Crippen LogP contribution is 2.32. The molecule has 2 N–H and O–H groups in total. The fourth-order valence-corrected chi connectivity index (χ4v) is 3.09. The summed E-state index contributed by atoms with van der Waals surface area (Å²) in [5, 5.41) is 5.78. The Labute approximate surface area is 126 Å². The monoisotopic (exact) mass is 340 g/mol. The Morgan fingerprint density at radius 3 is 3.10 bits per heavy atom. The van der Waals surface area contributed by atoms with Crippen molar-refractivity contribution in [2.24, 2.45) is 0 Å². The molecule has 0 aliphatic carbocycles. The fraction of sp³-hybridized carbons (Fsp3) is 0.500. The van der Waals surface area contributed by atoms with E-state index in [2.05, 4.69) is 32.6 Å². The first-order chi connectivity index (χ1) is 9.72. The Kier molecular flexibility index (Phi) is 4.12. The Bertz CT molecular complexity index is 515. The number of rotatable bonds is 3. The van der Waals surface area contributed by atoms with Gasteiger partial charge in [-0.1, -0.05) is 15.9 Å². The molecule has 0 radical (unpaired) electrons. The summed E-state index contributed by atoms with van der Waals surface area (Å²) < 4.78 is 11.9. The van der Waals surface area contributed by atoms with Gasteiger partial charge in [0.05, 0.1) is 19.3 Å². The maximum Gasteiger partial charge on any atom is 0.315 e. The summed E-state index contributed by atoms with van der Waals surface area (Å²) >= 11 is 3.49. The molecule has 108 valence electrons. The van der Waals surface area contributed by atoms with E-state index in [0.717, 1.165) is 35.2 Å². The van der Waals surface area contributed by atoms with Crippen molar-refractivity contribution in [2.45, 2.75) is 25.4 Å². The van der Waals surface area contributed by atoms with E-state index in [4.69, 9.17) is 9.47 Å². The molecule has 5 nitrogen and oxygen atoms in total. The molecule has 0 spiro atoms. The van der Waals surface area contributed by atoms with E-state index in [1.807, 2.05) is 6.07 Å². The van der Waals surface area contributed by atoms with E-state index >= 15 is 0 Å². The molecule has 1 aromatic rings. The number of carbonyl (C=O) groups excluding carboxylic acids is 1. The van der Waals surface area contributed by atoms with Crippen LogP contribution < -0.4 is 15.4 Å². The number of amides is 2. The molecule has 1 fully saturated rings. The maximum absolute atomic E-state index is 11.8. The lowest BCUT2D eigenvalue weighted by molar-refractivity contribution is 0.188. The van der Waals surface area contributed by atoms with Crippen LogP contribution in [0.3, 0.4) is 0 Å². The van der Waals surface area contributed by atoms with Crippen LogP contribution in [0.4, 0.5) is 4.79 Å². The third-order valence-corrected chi connectivity index (χ3v) is 3.99. The molecule has 2 aliphatic heterocycles. The first-order valence-electron chi connectivity index (χ1n) is 6.78. The minimum Gasteiger partial charge on any atom is -0.493 e. The molecule has 0 aromatic heterocycles. The maximum atomic E-state index is 11.8. The van der Waals surface area contributed by atoms with Gasteiger partial charge in [0.1, 0.15) is 5.75 Å². The van der Waals surface area contributed by atoms with Crippen molar-refractivity contribution in [3.8, 4) is 5.75 Å². The molecule has 2 aliphatic rings. The smallest absolute Gasteiger partial charge is 0.315 e. The van der Waals surface area contributed by atoms with Gasteiger partial charge in [0, 0.05) is 29.6 Å². The van der Waals surface area contributed by atoms with Crippen molar-refractivity contribution < 1.29 is 14.3 Å². The molecule has 2 heterocycles. The predicted octanol–water partition coefficient (Wildman–Crippen LogP) is 1.97. The molecule has 1 atom stereocenters. The van der Waals surface area contributed by atoms with Gasteiger partial charge in [-0.05, 0) is 24.1 Å². The highest BCUT2D eigenvalue weighted by molar-refractivity contribution is 9.10. The summed E-state index contributed by atoms with van der Waals surface area (Å²) in [6.45, 7) is 2.49. The number of nitrogens with one attached hydrogen (secondary N) is 2. The molecule has 6 heteroatoms. The lowest BCUT2D eigenvalue weighted by Gasteiger charge is -2.13. The summed E-state index contributed by atoms with van der Waals surface area (Å²) in [4.78, 5) is 11.8. The van der Waals surface area contributed by atoms with E-state index in [-0.39, 0.29) is 12.1 Å². The van der Waals surface area contributed by atoms with Crippen LogP contribution >= 0.6 is 15.9 Å². The van der Waals surface area contributed by atoms with Crippen LogP contribution in [-0.4, -0.2) is 31.9 Å². The largest absolute Gasteiger partial charge is 0.493 e. The van der Waals surface area contributed by atoms with E-state index in [1.54, 1.807) is 0 Å². The number of carbonyl (C=O) groups is 1. The van der Waals surface area contributed by atoms with E-state index < -0.39 is 0 Å². The second-order valence-electron chi connectivity index (χ2n) is 5.04. The van der Waals surface area contributed by atoms with Crippen LogP contribution in [0.25, 0.3) is 0 Å². The number of halogens is 1. The predicted molar refractivity (Wildman–Crippen MR) is 77.9 cm³/mol. The third-order valence-electron chi connectivity index (χ3n) is 3.53. The lowest BCUT2D eigenvalue weighted by Crippen LogP contribution is -2.42. The van der Waals surface area contributed by atoms with Crippen molar-refractivity contribution in [3.63, 3.8) is 0 Å². The van der Waals surface area contributed by atoms with Gasteiger partial charge in [0.25, 0.3) is 0 Å². The topological polar surface area (TPSA) is 59.6 Å².